The molecular weight excluding hydrogens is 530 g/mol. The third-order valence-electron chi connectivity index (χ3n) is 7.37. The van der Waals surface area contributed by atoms with E-state index in [1.165, 1.54) is 22.0 Å². The number of hydrogen-bond donors (Lipinski definition) is 3. The van der Waals surface area contributed by atoms with Crippen LogP contribution in [0.25, 0.3) is 22.3 Å². The molecule has 6 rings (SSSR count). The lowest BCUT2D eigenvalue weighted by Crippen LogP contribution is -2.28. The van der Waals surface area contributed by atoms with Crippen molar-refractivity contribution in [3.8, 4) is 11.1 Å². The number of carbonyl (C=O) groups is 2. The van der Waals surface area contributed by atoms with Crippen LogP contribution in [0.3, 0.4) is 0 Å². The normalized spacial score (nSPS) is 19.3. The van der Waals surface area contributed by atoms with E-state index in [2.05, 4.69) is 38.5 Å². The number of aliphatic hydroxyl groups is 1. The second-order valence-electron chi connectivity index (χ2n) is 10.4. The molecule has 12 heteroatoms. The van der Waals surface area contributed by atoms with Crippen LogP contribution in [0.15, 0.2) is 53.6 Å². The van der Waals surface area contributed by atoms with E-state index in [4.69, 9.17) is 14.2 Å². The Kier molecular flexibility index (Phi) is 7.01. The molecule has 1 aliphatic heterocycles. The summed E-state index contributed by atoms with van der Waals surface area (Å²) in [5.41, 5.74) is 5.32. The zero-order valence-electron chi connectivity index (χ0n) is 22.5. The quantitative estimate of drug-likeness (QED) is 0.255. The van der Waals surface area contributed by atoms with Gasteiger partial charge < -0.3 is 19.3 Å². The number of aromatic nitrogens is 4. The van der Waals surface area contributed by atoms with Gasteiger partial charge in [-0.05, 0) is 34.2 Å². The number of aliphatic hydroxyl groups excluding tert-OH is 1. The molecule has 2 aromatic carbocycles. The maximum atomic E-state index is 12.5. The molecule has 0 spiro atoms. The summed E-state index contributed by atoms with van der Waals surface area (Å²) < 4.78 is 18.1. The Morgan fingerprint density at radius 1 is 1.17 bits per heavy atom. The van der Waals surface area contributed by atoms with Crippen LogP contribution in [0.4, 0.5) is 10.7 Å². The maximum Gasteiger partial charge on any atom is 0.508 e. The number of amides is 1. The number of nitrogens with zero attached hydrogens (tertiary/aromatic N) is 3. The number of hydrogen-bond acceptors (Lipinski definition) is 9. The zero-order chi connectivity index (χ0) is 28.7. The first-order chi connectivity index (χ1) is 19.8. The highest BCUT2D eigenvalue weighted by atomic mass is 16.7. The molecule has 0 saturated carbocycles. The minimum absolute atomic E-state index is 0.0166. The first-order valence-electron chi connectivity index (χ1n) is 13.4. The first-order valence-corrected chi connectivity index (χ1v) is 13.4. The zero-order valence-corrected chi connectivity index (χ0v) is 22.5. The lowest BCUT2D eigenvalue weighted by Gasteiger charge is -2.16. The van der Waals surface area contributed by atoms with Crippen molar-refractivity contribution in [1.29, 1.82) is 0 Å². The summed E-state index contributed by atoms with van der Waals surface area (Å²) in [4.78, 5) is 47.9. The van der Waals surface area contributed by atoms with Crippen molar-refractivity contribution in [2.75, 3.05) is 11.9 Å². The Morgan fingerprint density at radius 3 is 2.80 bits per heavy atom. The summed E-state index contributed by atoms with van der Waals surface area (Å²) >= 11 is 0. The lowest BCUT2D eigenvalue weighted by molar-refractivity contribution is -0.118. The van der Waals surface area contributed by atoms with E-state index in [1.807, 2.05) is 24.3 Å². The molecule has 2 aromatic heterocycles. The van der Waals surface area contributed by atoms with Gasteiger partial charge in [-0.15, -0.1) is 0 Å². The van der Waals surface area contributed by atoms with Crippen LogP contribution in [0.5, 0.6) is 0 Å². The van der Waals surface area contributed by atoms with Crippen molar-refractivity contribution in [2.45, 2.75) is 51.7 Å². The van der Waals surface area contributed by atoms with Crippen LogP contribution in [0.2, 0.25) is 0 Å². The fourth-order valence-electron chi connectivity index (χ4n) is 5.18. The SMILES string of the molecule is CC(C)C(=O)Nc1nc2c(ncn2[C@H]2CC(O)[C@@H](COC(=O)OCc3cccc4c3Cc3ccccc3-4)O2)c(=O)[nH]1. The molecule has 0 bridgehead atoms. The molecule has 12 nitrogen and oxygen atoms in total. The maximum absolute atomic E-state index is 12.5. The van der Waals surface area contributed by atoms with E-state index in [1.54, 1.807) is 13.8 Å². The average Bonchev–Trinajstić information content (AvgIpc) is 3.65. The number of rotatable bonds is 7. The molecular formula is C29H29N5O7. The van der Waals surface area contributed by atoms with Crippen LogP contribution < -0.4 is 10.9 Å². The minimum atomic E-state index is -0.955. The number of ether oxygens (including phenoxy) is 3. The van der Waals surface area contributed by atoms with E-state index >= 15 is 0 Å². The molecule has 1 saturated heterocycles. The Labute approximate surface area is 234 Å². The van der Waals surface area contributed by atoms with Crippen molar-refractivity contribution in [3.05, 3.63) is 75.8 Å². The molecule has 1 unspecified atom stereocenters. The van der Waals surface area contributed by atoms with Gasteiger partial charge in [-0.2, -0.15) is 4.98 Å². The van der Waals surface area contributed by atoms with Crippen molar-refractivity contribution in [3.63, 3.8) is 0 Å². The number of nitrogens with one attached hydrogen (secondary N) is 2. The van der Waals surface area contributed by atoms with Crippen molar-refractivity contribution >= 4 is 29.2 Å². The summed E-state index contributed by atoms with van der Waals surface area (Å²) in [5.74, 6) is -0.638. The number of carbonyl (C=O) groups excluding carboxylic acids is 2. The van der Waals surface area contributed by atoms with Gasteiger partial charge in [-0.1, -0.05) is 56.3 Å². The molecule has 212 valence electrons. The van der Waals surface area contributed by atoms with Gasteiger partial charge >= 0.3 is 6.16 Å². The third kappa shape index (κ3) is 5.19. The Balaban J connectivity index is 1.07. The highest BCUT2D eigenvalue weighted by molar-refractivity contribution is 5.91. The van der Waals surface area contributed by atoms with Crippen LogP contribution >= 0.6 is 0 Å². The third-order valence-corrected chi connectivity index (χ3v) is 7.37. The van der Waals surface area contributed by atoms with E-state index in [9.17, 15) is 19.5 Å². The molecule has 3 atom stereocenters. The van der Waals surface area contributed by atoms with E-state index in [0.29, 0.717) is 0 Å². The van der Waals surface area contributed by atoms with Crippen LogP contribution in [-0.4, -0.2) is 55.5 Å². The highest BCUT2D eigenvalue weighted by Crippen LogP contribution is 2.38. The van der Waals surface area contributed by atoms with Crippen LogP contribution in [0, 0.1) is 5.92 Å². The summed E-state index contributed by atoms with van der Waals surface area (Å²) in [6.07, 6.45) is -1.08. The molecule has 1 fully saturated rings. The molecule has 41 heavy (non-hydrogen) atoms. The van der Waals surface area contributed by atoms with E-state index in [-0.39, 0.29) is 48.6 Å². The number of H-pyrrole nitrogens is 1. The first kappa shape index (κ1) is 26.7. The monoisotopic (exact) mass is 559 g/mol. The van der Waals surface area contributed by atoms with Gasteiger partial charge in [0.2, 0.25) is 11.9 Å². The second-order valence-corrected chi connectivity index (χ2v) is 10.4. The fraction of sp³-hybridized carbons (Fsp3) is 0.345. The van der Waals surface area contributed by atoms with Gasteiger partial charge in [0, 0.05) is 12.3 Å². The smallest absolute Gasteiger partial charge is 0.431 e. The summed E-state index contributed by atoms with van der Waals surface area (Å²) in [6, 6.07) is 14.1. The fourth-order valence-corrected chi connectivity index (χ4v) is 5.18. The topological polar surface area (TPSA) is 158 Å². The largest absolute Gasteiger partial charge is 0.508 e. The number of fused-ring (bicyclic) bond motifs is 4. The molecule has 3 heterocycles. The molecule has 0 radical (unpaired) electrons. The van der Waals surface area contributed by atoms with Crippen molar-refractivity contribution < 1.29 is 28.9 Å². The highest BCUT2D eigenvalue weighted by Gasteiger charge is 2.37. The van der Waals surface area contributed by atoms with E-state index < -0.39 is 30.2 Å². The Bertz CT molecular complexity index is 1690. The number of imidazole rings is 1. The lowest BCUT2D eigenvalue weighted by atomic mass is 10.0. The second kappa shape index (κ2) is 10.8. The predicted octanol–water partition coefficient (Wildman–Crippen LogP) is 3.29. The Hall–Kier alpha value is -4.55. The summed E-state index contributed by atoms with van der Waals surface area (Å²) in [6.45, 7) is 3.26. The van der Waals surface area contributed by atoms with Gasteiger partial charge in [0.1, 0.15) is 25.5 Å². The van der Waals surface area contributed by atoms with Gasteiger partial charge in [0.25, 0.3) is 5.56 Å². The summed E-state index contributed by atoms with van der Waals surface area (Å²) in [7, 11) is 0. The van der Waals surface area contributed by atoms with E-state index in [0.717, 1.165) is 23.1 Å². The van der Waals surface area contributed by atoms with Gasteiger partial charge in [-0.25, -0.2) is 9.78 Å². The van der Waals surface area contributed by atoms with Crippen molar-refractivity contribution in [1.82, 2.24) is 19.5 Å². The number of aromatic amines is 1. The standard InChI is InChI=1S/C29H29N5O7/c1-15(2)26(36)32-28-31-25-24(27(37)33-28)30-14-34(25)23-11-21(35)22(41-23)13-40-29(38)39-12-17-7-5-9-19-18-8-4-3-6-16(18)10-20(17)19/h3-9,14-15,21-23,35H,10-13H2,1-2H3,(H2,31,32,33,36,37)/t21?,22-,23-/m1/s1. The Morgan fingerprint density at radius 2 is 1.98 bits per heavy atom. The number of anilines is 1. The van der Waals surface area contributed by atoms with Crippen LogP contribution in [0.1, 0.15) is 43.2 Å². The molecule has 3 N–H and O–H groups in total. The van der Waals surface area contributed by atoms with Crippen LogP contribution in [-0.2, 0) is 32.0 Å². The molecule has 1 aliphatic carbocycles. The average molecular weight is 560 g/mol. The van der Waals surface area contributed by atoms with Gasteiger partial charge in [0.05, 0.1) is 12.4 Å². The van der Waals surface area contributed by atoms with Gasteiger partial charge in [-0.3, -0.25) is 24.5 Å². The van der Waals surface area contributed by atoms with Gasteiger partial charge in [0.15, 0.2) is 11.2 Å². The molecule has 4 aromatic rings. The molecule has 2 aliphatic rings. The summed E-state index contributed by atoms with van der Waals surface area (Å²) in [5, 5.41) is 13.2. The number of benzene rings is 2. The molecule has 1 amide bonds. The minimum Gasteiger partial charge on any atom is -0.431 e. The predicted molar refractivity (Wildman–Crippen MR) is 147 cm³/mol. The van der Waals surface area contributed by atoms with Crippen molar-refractivity contribution in [2.24, 2.45) is 5.92 Å².